The van der Waals surface area contributed by atoms with Gasteiger partial charge < -0.3 is 5.32 Å². The number of nitrogens with one attached hydrogen (secondary N) is 1. The summed E-state index contributed by atoms with van der Waals surface area (Å²) in [6, 6.07) is 9.91. The van der Waals surface area contributed by atoms with Crippen LogP contribution in [0.15, 0.2) is 30.3 Å². The van der Waals surface area contributed by atoms with E-state index in [-0.39, 0.29) is 11.9 Å². The standard InChI is InChI=1S/C14H19N5/c1-11-16-18-19(17-11)14(12-5-3-2-4-6-12)13-7-9-15-10-8-13/h2-6,13-15H,7-10H2,1H3/i1D3. The van der Waals surface area contributed by atoms with Crippen LogP contribution >= 0.6 is 0 Å². The summed E-state index contributed by atoms with van der Waals surface area (Å²) in [7, 11) is 0. The van der Waals surface area contributed by atoms with Gasteiger partial charge in [-0.15, -0.1) is 10.2 Å². The van der Waals surface area contributed by atoms with Crippen molar-refractivity contribution in [3.05, 3.63) is 41.7 Å². The van der Waals surface area contributed by atoms with Gasteiger partial charge in [-0.3, -0.25) is 0 Å². The number of piperidine rings is 1. The maximum absolute atomic E-state index is 7.42. The molecule has 1 N–H and O–H groups in total. The number of aryl methyl sites for hydroxylation is 1. The van der Waals surface area contributed by atoms with E-state index in [1.54, 1.807) is 0 Å². The Morgan fingerprint density at radius 1 is 1.32 bits per heavy atom. The van der Waals surface area contributed by atoms with Crippen molar-refractivity contribution >= 4 is 0 Å². The molecule has 0 bridgehead atoms. The van der Waals surface area contributed by atoms with Gasteiger partial charge in [-0.05, 0) is 49.5 Å². The number of benzene rings is 1. The third-order valence-electron chi connectivity index (χ3n) is 3.65. The molecule has 1 atom stereocenters. The van der Waals surface area contributed by atoms with Crippen LogP contribution in [0.4, 0.5) is 0 Å². The highest BCUT2D eigenvalue weighted by atomic mass is 15.6. The molecule has 1 unspecified atom stereocenters. The molecule has 0 spiro atoms. The number of tetrazole rings is 1. The Kier molecular flexibility index (Phi) is 2.66. The lowest BCUT2D eigenvalue weighted by molar-refractivity contribution is 0.257. The summed E-state index contributed by atoms with van der Waals surface area (Å²) in [5, 5.41) is 15.3. The Bertz CT molecular complexity index is 604. The molecule has 5 nitrogen and oxygen atoms in total. The van der Waals surface area contributed by atoms with Gasteiger partial charge in [0, 0.05) is 4.11 Å². The minimum atomic E-state index is -2.33. The normalized spacial score (nSPS) is 21.4. The summed E-state index contributed by atoms with van der Waals surface area (Å²) >= 11 is 0. The van der Waals surface area contributed by atoms with Crippen LogP contribution < -0.4 is 5.32 Å². The average molecular weight is 260 g/mol. The molecule has 0 radical (unpaired) electrons. The van der Waals surface area contributed by atoms with Crippen molar-refractivity contribution < 1.29 is 4.11 Å². The Hall–Kier alpha value is -1.75. The lowest BCUT2D eigenvalue weighted by atomic mass is 9.86. The average Bonchev–Trinajstić information content (AvgIpc) is 2.99. The third kappa shape index (κ3) is 2.66. The number of rotatable bonds is 3. The van der Waals surface area contributed by atoms with Crippen molar-refractivity contribution in [3.8, 4) is 0 Å². The van der Waals surface area contributed by atoms with Crippen LogP contribution in [-0.4, -0.2) is 33.3 Å². The zero-order valence-electron chi connectivity index (χ0n) is 13.7. The van der Waals surface area contributed by atoms with Gasteiger partial charge in [-0.1, -0.05) is 30.3 Å². The van der Waals surface area contributed by atoms with E-state index < -0.39 is 6.85 Å². The fourth-order valence-corrected chi connectivity index (χ4v) is 2.75. The second-order valence-electron chi connectivity index (χ2n) is 4.88. The first-order valence-corrected chi connectivity index (χ1v) is 6.61. The molecule has 100 valence electrons. The van der Waals surface area contributed by atoms with Gasteiger partial charge in [0.2, 0.25) is 0 Å². The van der Waals surface area contributed by atoms with E-state index in [1.165, 1.54) is 4.80 Å². The molecule has 0 aliphatic carbocycles. The van der Waals surface area contributed by atoms with Crippen LogP contribution in [0.25, 0.3) is 0 Å². The number of aromatic nitrogens is 4. The first-order chi connectivity index (χ1) is 10.6. The number of hydrogen-bond acceptors (Lipinski definition) is 4. The van der Waals surface area contributed by atoms with Gasteiger partial charge in [0.05, 0.1) is 0 Å². The smallest absolute Gasteiger partial charge is 0.171 e. The fourth-order valence-electron chi connectivity index (χ4n) is 2.75. The predicted octanol–water partition coefficient (Wildman–Crippen LogP) is 1.57. The first-order valence-electron chi connectivity index (χ1n) is 8.11. The number of hydrogen-bond donors (Lipinski definition) is 1. The van der Waals surface area contributed by atoms with Crippen LogP contribution in [0.1, 0.15) is 34.4 Å². The van der Waals surface area contributed by atoms with Crippen molar-refractivity contribution in [3.63, 3.8) is 0 Å². The highest BCUT2D eigenvalue weighted by Crippen LogP contribution is 2.31. The molecular weight excluding hydrogens is 238 g/mol. The van der Waals surface area contributed by atoms with E-state index in [2.05, 4.69) is 20.7 Å². The minimum absolute atomic E-state index is 0.0769. The van der Waals surface area contributed by atoms with E-state index >= 15 is 0 Å². The number of nitrogens with zero attached hydrogens (tertiary/aromatic N) is 4. The van der Waals surface area contributed by atoms with Crippen LogP contribution in [0.5, 0.6) is 0 Å². The molecule has 0 amide bonds. The van der Waals surface area contributed by atoms with E-state index in [4.69, 9.17) is 4.11 Å². The highest BCUT2D eigenvalue weighted by molar-refractivity contribution is 5.20. The van der Waals surface area contributed by atoms with Gasteiger partial charge in [0.25, 0.3) is 0 Å². The van der Waals surface area contributed by atoms with Gasteiger partial charge >= 0.3 is 0 Å². The monoisotopic (exact) mass is 260 g/mol. The van der Waals surface area contributed by atoms with Crippen molar-refractivity contribution in [1.29, 1.82) is 0 Å². The van der Waals surface area contributed by atoms with Gasteiger partial charge in [0.1, 0.15) is 6.04 Å². The molecule has 1 aliphatic heterocycles. The first kappa shape index (κ1) is 9.20. The minimum Gasteiger partial charge on any atom is -0.317 e. The summed E-state index contributed by atoms with van der Waals surface area (Å²) < 4.78 is 22.3. The summed E-state index contributed by atoms with van der Waals surface area (Å²) in [4.78, 5) is 1.48. The molecule has 0 saturated carbocycles. The molecule has 1 aromatic carbocycles. The highest BCUT2D eigenvalue weighted by Gasteiger charge is 2.28. The van der Waals surface area contributed by atoms with Crippen LogP contribution in [-0.2, 0) is 0 Å². The molecular formula is C14H19N5. The van der Waals surface area contributed by atoms with Crippen molar-refractivity contribution in [2.24, 2.45) is 5.92 Å². The summed E-state index contributed by atoms with van der Waals surface area (Å²) in [6.45, 7) is -0.419. The van der Waals surface area contributed by atoms with Crippen LogP contribution in [0, 0.1) is 12.8 Å². The summed E-state index contributed by atoms with van der Waals surface area (Å²) in [6.07, 6.45) is 2.01. The Labute approximate surface area is 117 Å². The molecule has 2 aromatic rings. The Morgan fingerprint density at radius 3 is 2.79 bits per heavy atom. The largest absolute Gasteiger partial charge is 0.317 e. The summed E-state index contributed by atoms with van der Waals surface area (Å²) in [5.41, 5.74) is 1.09. The molecule has 2 heterocycles. The molecule has 3 rings (SSSR count). The maximum atomic E-state index is 7.42. The van der Waals surface area contributed by atoms with Crippen molar-refractivity contribution in [2.45, 2.75) is 25.7 Å². The molecule has 1 aromatic heterocycles. The van der Waals surface area contributed by atoms with Gasteiger partial charge in [0.15, 0.2) is 5.82 Å². The topological polar surface area (TPSA) is 55.6 Å². The molecule has 1 saturated heterocycles. The van der Waals surface area contributed by atoms with Gasteiger partial charge in [-0.2, -0.15) is 4.80 Å². The fraction of sp³-hybridized carbons (Fsp3) is 0.500. The Balaban J connectivity index is 1.96. The van der Waals surface area contributed by atoms with Crippen molar-refractivity contribution in [1.82, 2.24) is 25.5 Å². The third-order valence-corrected chi connectivity index (χ3v) is 3.65. The van der Waals surface area contributed by atoms with E-state index in [0.29, 0.717) is 5.92 Å². The lowest BCUT2D eigenvalue weighted by Crippen LogP contribution is -2.34. The Morgan fingerprint density at radius 2 is 2.11 bits per heavy atom. The summed E-state index contributed by atoms with van der Waals surface area (Å²) in [5.74, 6) is 0.171. The maximum Gasteiger partial charge on any atom is 0.171 e. The van der Waals surface area contributed by atoms with E-state index in [1.807, 2.05) is 30.3 Å². The van der Waals surface area contributed by atoms with E-state index in [9.17, 15) is 0 Å². The molecule has 5 heteroatoms. The second-order valence-corrected chi connectivity index (χ2v) is 4.88. The quantitative estimate of drug-likeness (QED) is 0.910. The zero-order valence-corrected chi connectivity index (χ0v) is 10.7. The van der Waals surface area contributed by atoms with Gasteiger partial charge in [-0.25, -0.2) is 0 Å². The molecule has 1 fully saturated rings. The second kappa shape index (κ2) is 5.48. The predicted molar refractivity (Wildman–Crippen MR) is 72.7 cm³/mol. The molecule has 19 heavy (non-hydrogen) atoms. The van der Waals surface area contributed by atoms with E-state index in [0.717, 1.165) is 31.5 Å². The van der Waals surface area contributed by atoms with Crippen molar-refractivity contribution in [2.75, 3.05) is 13.1 Å². The lowest BCUT2D eigenvalue weighted by Gasteiger charge is -2.30. The zero-order chi connectivity index (χ0) is 15.6. The SMILES string of the molecule is [2H]C([2H])([2H])c1nnn(C(c2ccccc2)C2CCNCC2)n1. The molecule has 1 aliphatic rings. The van der Waals surface area contributed by atoms with Crippen LogP contribution in [0.2, 0.25) is 0 Å². The van der Waals surface area contributed by atoms with Crippen LogP contribution in [0.3, 0.4) is 0 Å².